The van der Waals surface area contributed by atoms with Crippen molar-refractivity contribution in [1.82, 2.24) is 14.9 Å². The van der Waals surface area contributed by atoms with Gasteiger partial charge in [-0.15, -0.1) is 11.6 Å². The minimum Gasteiger partial charge on any atom is -0.266 e. The normalized spacial score (nSPS) is 26.2. The quantitative estimate of drug-likeness (QED) is 0.772. The van der Waals surface area contributed by atoms with Crippen molar-refractivity contribution in [2.45, 2.75) is 23.2 Å². The van der Waals surface area contributed by atoms with Crippen molar-refractivity contribution in [3.8, 4) is 0 Å². The Bertz CT molecular complexity index is 411. The number of alkyl halides is 1. The third kappa shape index (κ3) is 2.50. The maximum atomic E-state index is 11.6. The Labute approximate surface area is 93.3 Å². The molecule has 0 radical (unpaired) electrons. The molecular weight excluding hydrogens is 238 g/mol. The zero-order valence-electron chi connectivity index (χ0n) is 7.98. The summed E-state index contributed by atoms with van der Waals surface area (Å²) in [6.45, 7) is 0.449. The molecule has 7 heteroatoms. The second-order valence-electron chi connectivity index (χ2n) is 3.71. The molecule has 0 aromatic carbocycles. The molecule has 1 heterocycles. The van der Waals surface area contributed by atoms with E-state index in [0.29, 0.717) is 12.5 Å². The van der Waals surface area contributed by atoms with Crippen molar-refractivity contribution in [3.63, 3.8) is 0 Å². The Hall–Kier alpha value is -0.590. The molecule has 1 saturated carbocycles. The second-order valence-corrected chi connectivity index (χ2v) is 6.06. The van der Waals surface area contributed by atoms with Gasteiger partial charge in [-0.3, -0.25) is 5.10 Å². The van der Waals surface area contributed by atoms with E-state index in [1.54, 1.807) is 0 Å². The molecule has 0 saturated heterocycles. The molecule has 15 heavy (non-hydrogen) atoms. The van der Waals surface area contributed by atoms with Crippen molar-refractivity contribution in [2.75, 3.05) is 6.54 Å². The standard InChI is InChI=1S/C8H12ClN3O2S/c9-7-3-6(4-7)5-11-15(13,14)8-1-2-10-12-8/h1-2,6-7,11H,3-5H2,(H,10,12). The number of nitrogens with one attached hydrogen (secondary N) is 2. The van der Waals surface area contributed by atoms with Crippen LogP contribution in [0.1, 0.15) is 12.8 Å². The summed E-state index contributed by atoms with van der Waals surface area (Å²) in [6.07, 6.45) is 3.17. The highest BCUT2D eigenvalue weighted by Crippen LogP contribution is 2.31. The van der Waals surface area contributed by atoms with Crippen LogP contribution in [0.2, 0.25) is 0 Å². The molecule has 0 aliphatic heterocycles. The van der Waals surface area contributed by atoms with Gasteiger partial charge in [0.2, 0.25) is 0 Å². The fraction of sp³-hybridized carbons (Fsp3) is 0.625. The Balaban J connectivity index is 1.89. The number of hydrogen-bond donors (Lipinski definition) is 2. The van der Waals surface area contributed by atoms with E-state index in [9.17, 15) is 8.42 Å². The first-order chi connectivity index (χ1) is 7.08. The molecular formula is C8H12ClN3O2S. The Morgan fingerprint density at radius 3 is 2.87 bits per heavy atom. The summed E-state index contributed by atoms with van der Waals surface area (Å²) in [5.41, 5.74) is 0. The number of sulfonamides is 1. The zero-order valence-corrected chi connectivity index (χ0v) is 9.55. The van der Waals surface area contributed by atoms with Crippen LogP contribution in [0.5, 0.6) is 0 Å². The third-order valence-electron chi connectivity index (χ3n) is 2.50. The lowest BCUT2D eigenvalue weighted by atomic mass is 9.85. The first kappa shape index (κ1) is 10.9. The maximum absolute atomic E-state index is 11.6. The number of nitrogens with zero attached hydrogens (tertiary/aromatic N) is 1. The van der Waals surface area contributed by atoms with Crippen LogP contribution >= 0.6 is 11.6 Å². The molecule has 2 rings (SSSR count). The van der Waals surface area contributed by atoms with E-state index in [-0.39, 0.29) is 10.4 Å². The predicted octanol–water partition coefficient (Wildman–Crippen LogP) is 0.705. The van der Waals surface area contributed by atoms with Gasteiger partial charge >= 0.3 is 0 Å². The monoisotopic (exact) mass is 249 g/mol. The van der Waals surface area contributed by atoms with E-state index in [4.69, 9.17) is 11.6 Å². The summed E-state index contributed by atoms with van der Waals surface area (Å²) < 4.78 is 25.7. The molecule has 1 fully saturated rings. The fourth-order valence-electron chi connectivity index (χ4n) is 1.52. The van der Waals surface area contributed by atoms with Crippen LogP contribution in [0.3, 0.4) is 0 Å². The molecule has 0 unspecified atom stereocenters. The van der Waals surface area contributed by atoms with Gasteiger partial charge in [-0.05, 0) is 24.8 Å². The fourth-order valence-corrected chi connectivity index (χ4v) is 3.05. The second kappa shape index (κ2) is 4.11. The lowest BCUT2D eigenvalue weighted by molar-refractivity contribution is 0.323. The number of H-pyrrole nitrogens is 1. The highest BCUT2D eigenvalue weighted by molar-refractivity contribution is 7.89. The number of rotatable bonds is 4. The van der Waals surface area contributed by atoms with Crippen LogP contribution in [0.15, 0.2) is 17.3 Å². The third-order valence-corrected chi connectivity index (χ3v) is 4.21. The van der Waals surface area contributed by atoms with Gasteiger partial charge in [0.25, 0.3) is 10.0 Å². The lowest BCUT2D eigenvalue weighted by Crippen LogP contribution is -2.36. The van der Waals surface area contributed by atoms with Crippen molar-refractivity contribution < 1.29 is 8.42 Å². The molecule has 5 nitrogen and oxygen atoms in total. The maximum Gasteiger partial charge on any atom is 0.257 e. The van der Waals surface area contributed by atoms with E-state index in [1.165, 1.54) is 12.3 Å². The summed E-state index contributed by atoms with van der Waals surface area (Å²) in [7, 11) is -3.42. The molecule has 84 valence electrons. The Morgan fingerprint density at radius 1 is 1.60 bits per heavy atom. The molecule has 1 aliphatic carbocycles. The summed E-state index contributed by atoms with van der Waals surface area (Å²) >= 11 is 5.80. The van der Waals surface area contributed by atoms with E-state index in [2.05, 4.69) is 14.9 Å². The van der Waals surface area contributed by atoms with Crippen molar-refractivity contribution in [1.29, 1.82) is 0 Å². The minimum atomic E-state index is -3.42. The number of halogens is 1. The Morgan fingerprint density at radius 2 is 2.33 bits per heavy atom. The number of hydrogen-bond acceptors (Lipinski definition) is 3. The average Bonchev–Trinajstić information content (AvgIpc) is 2.63. The van der Waals surface area contributed by atoms with Gasteiger partial charge in [-0.2, -0.15) is 5.10 Å². The van der Waals surface area contributed by atoms with E-state index < -0.39 is 10.0 Å². The summed E-state index contributed by atoms with van der Waals surface area (Å²) in [5, 5.41) is 6.33. The van der Waals surface area contributed by atoms with Gasteiger partial charge < -0.3 is 0 Å². The zero-order chi connectivity index (χ0) is 10.9. The lowest BCUT2D eigenvalue weighted by Gasteiger charge is -2.30. The topological polar surface area (TPSA) is 74.8 Å². The molecule has 0 amide bonds. The first-order valence-electron chi connectivity index (χ1n) is 4.71. The predicted molar refractivity (Wildman–Crippen MR) is 56.1 cm³/mol. The summed E-state index contributed by atoms with van der Waals surface area (Å²) in [6, 6.07) is 1.42. The molecule has 1 aliphatic rings. The van der Waals surface area contributed by atoms with Gasteiger partial charge in [0.15, 0.2) is 5.03 Å². The Kier molecular flexibility index (Phi) is 2.99. The number of aromatic amines is 1. The van der Waals surface area contributed by atoms with Crippen LogP contribution in [0, 0.1) is 5.92 Å². The molecule has 0 atom stereocenters. The SMILES string of the molecule is O=S(=O)(NCC1CC(Cl)C1)c1ccn[nH]1. The van der Waals surface area contributed by atoms with Crippen LogP contribution in [-0.4, -0.2) is 30.5 Å². The summed E-state index contributed by atoms with van der Waals surface area (Å²) in [5.74, 6) is 0.366. The molecule has 1 aromatic rings. The first-order valence-corrected chi connectivity index (χ1v) is 6.63. The van der Waals surface area contributed by atoms with E-state index in [0.717, 1.165) is 12.8 Å². The highest BCUT2D eigenvalue weighted by atomic mass is 35.5. The van der Waals surface area contributed by atoms with Crippen molar-refractivity contribution >= 4 is 21.6 Å². The van der Waals surface area contributed by atoms with Crippen LogP contribution in [0.4, 0.5) is 0 Å². The molecule has 2 N–H and O–H groups in total. The van der Waals surface area contributed by atoms with Gasteiger partial charge in [0.05, 0.1) is 6.20 Å². The van der Waals surface area contributed by atoms with Crippen molar-refractivity contribution in [3.05, 3.63) is 12.3 Å². The minimum absolute atomic E-state index is 0.101. The molecule has 0 bridgehead atoms. The van der Waals surface area contributed by atoms with Crippen LogP contribution in [0.25, 0.3) is 0 Å². The van der Waals surface area contributed by atoms with Crippen LogP contribution < -0.4 is 4.72 Å². The smallest absolute Gasteiger partial charge is 0.257 e. The van der Waals surface area contributed by atoms with Gasteiger partial charge in [0.1, 0.15) is 0 Å². The molecule has 0 spiro atoms. The summed E-state index contributed by atoms with van der Waals surface area (Å²) in [4.78, 5) is 0. The van der Waals surface area contributed by atoms with Crippen molar-refractivity contribution in [2.24, 2.45) is 5.92 Å². The largest absolute Gasteiger partial charge is 0.266 e. The highest BCUT2D eigenvalue weighted by Gasteiger charge is 2.28. The van der Waals surface area contributed by atoms with Gasteiger partial charge in [-0.25, -0.2) is 13.1 Å². The average molecular weight is 250 g/mol. The van der Waals surface area contributed by atoms with E-state index >= 15 is 0 Å². The number of aromatic nitrogens is 2. The van der Waals surface area contributed by atoms with E-state index in [1.807, 2.05) is 0 Å². The molecule has 1 aromatic heterocycles. The van der Waals surface area contributed by atoms with Crippen LogP contribution in [-0.2, 0) is 10.0 Å². The van der Waals surface area contributed by atoms with Gasteiger partial charge in [0, 0.05) is 11.9 Å². The van der Waals surface area contributed by atoms with Gasteiger partial charge in [-0.1, -0.05) is 0 Å².